The van der Waals surface area contributed by atoms with Gasteiger partial charge >= 0.3 is 0 Å². The third-order valence-corrected chi connectivity index (χ3v) is 2.49. The zero-order valence-electron chi connectivity index (χ0n) is 9.76. The maximum absolute atomic E-state index is 13.4. The summed E-state index contributed by atoms with van der Waals surface area (Å²) in [5, 5.41) is 9.01. The second-order valence-corrected chi connectivity index (χ2v) is 4.92. The van der Waals surface area contributed by atoms with Crippen LogP contribution in [0, 0.1) is 11.7 Å². The molecule has 0 heterocycles. The molecule has 0 aliphatic rings. The molecule has 0 aromatic heterocycles. The van der Waals surface area contributed by atoms with Gasteiger partial charge in [0.25, 0.3) is 0 Å². The Morgan fingerprint density at radius 1 is 1.27 bits per heavy atom. The number of aliphatic hydroxyl groups excluding tert-OH is 1. The molecule has 1 aromatic carbocycles. The van der Waals surface area contributed by atoms with Crippen molar-refractivity contribution in [3.63, 3.8) is 0 Å². The van der Waals surface area contributed by atoms with E-state index in [0.717, 1.165) is 17.0 Å². The Labute approximate surface area is 90.9 Å². The lowest BCUT2D eigenvalue weighted by atomic mass is 9.84. The van der Waals surface area contributed by atoms with E-state index in [1.165, 1.54) is 6.07 Å². The van der Waals surface area contributed by atoms with Gasteiger partial charge < -0.3 is 5.11 Å². The summed E-state index contributed by atoms with van der Waals surface area (Å²) in [6.07, 6.45) is 0. The number of hydrogen-bond donors (Lipinski definition) is 1. The van der Waals surface area contributed by atoms with Crippen molar-refractivity contribution in [1.29, 1.82) is 0 Å². The molecule has 0 atom stereocenters. The molecule has 1 rings (SSSR count). The Morgan fingerprint density at radius 2 is 1.87 bits per heavy atom. The molecule has 2 heteroatoms. The molecule has 0 amide bonds. The minimum atomic E-state index is -0.245. The molecule has 0 aliphatic carbocycles. The maximum Gasteiger partial charge on any atom is 0.123 e. The van der Waals surface area contributed by atoms with Crippen LogP contribution in [-0.4, -0.2) is 11.7 Å². The standard InChI is InChI=1S/C13H18FO/c1-9(8-15)10-5-11(13(2,3)4)7-12(14)6-10/h5-7,15H,8H2,1-4H3. The van der Waals surface area contributed by atoms with Gasteiger partial charge in [0.15, 0.2) is 0 Å². The second-order valence-electron chi connectivity index (χ2n) is 4.92. The van der Waals surface area contributed by atoms with Crippen molar-refractivity contribution in [2.45, 2.75) is 33.1 Å². The highest BCUT2D eigenvalue weighted by Crippen LogP contribution is 2.26. The highest BCUT2D eigenvalue weighted by atomic mass is 19.1. The molecule has 0 spiro atoms. The lowest BCUT2D eigenvalue weighted by Crippen LogP contribution is -2.13. The van der Waals surface area contributed by atoms with Gasteiger partial charge in [0.1, 0.15) is 5.82 Å². The number of aliphatic hydroxyl groups is 1. The van der Waals surface area contributed by atoms with Crippen LogP contribution in [-0.2, 0) is 5.41 Å². The Morgan fingerprint density at radius 3 is 2.33 bits per heavy atom. The van der Waals surface area contributed by atoms with Crippen LogP contribution in [0.15, 0.2) is 18.2 Å². The summed E-state index contributed by atoms with van der Waals surface area (Å²) < 4.78 is 13.4. The molecule has 0 unspecified atom stereocenters. The first-order valence-electron chi connectivity index (χ1n) is 5.09. The van der Waals surface area contributed by atoms with Crippen LogP contribution in [0.1, 0.15) is 38.8 Å². The number of benzene rings is 1. The first kappa shape index (κ1) is 12.2. The molecule has 1 aromatic rings. The van der Waals surface area contributed by atoms with Gasteiger partial charge in [-0.15, -0.1) is 0 Å². The van der Waals surface area contributed by atoms with E-state index < -0.39 is 0 Å². The van der Waals surface area contributed by atoms with E-state index in [0.29, 0.717) is 0 Å². The van der Waals surface area contributed by atoms with Gasteiger partial charge in [-0.2, -0.15) is 0 Å². The van der Waals surface area contributed by atoms with Crippen LogP contribution < -0.4 is 0 Å². The van der Waals surface area contributed by atoms with Crippen molar-refractivity contribution in [2.75, 3.05) is 6.61 Å². The molecule has 0 fully saturated rings. The fraction of sp³-hybridized carbons (Fsp3) is 0.462. The summed E-state index contributed by atoms with van der Waals surface area (Å²) in [4.78, 5) is 0. The van der Waals surface area contributed by atoms with Crippen LogP contribution in [0.2, 0.25) is 0 Å². The average molecular weight is 209 g/mol. The second kappa shape index (κ2) is 4.31. The predicted molar refractivity (Wildman–Crippen MR) is 60.2 cm³/mol. The lowest BCUT2D eigenvalue weighted by Gasteiger charge is -2.21. The molecule has 83 valence electrons. The Balaban J connectivity index is 3.17. The fourth-order valence-electron chi connectivity index (χ4n) is 1.36. The van der Waals surface area contributed by atoms with Gasteiger partial charge in [-0.3, -0.25) is 0 Å². The Bertz CT molecular complexity index is 339. The number of halogens is 1. The third-order valence-electron chi connectivity index (χ3n) is 2.49. The van der Waals surface area contributed by atoms with Crippen LogP contribution in [0.4, 0.5) is 4.39 Å². The monoisotopic (exact) mass is 209 g/mol. The molecular weight excluding hydrogens is 191 g/mol. The normalized spacial score (nSPS) is 12.2. The van der Waals surface area contributed by atoms with Gasteiger partial charge in [0, 0.05) is 5.92 Å². The molecule has 0 saturated carbocycles. The lowest BCUT2D eigenvalue weighted by molar-refractivity contribution is 0.314. The summed E-state index contributed by atoms with van der Waals surface area (Å²) in [7, 11) is 0. The average Bonchev–Trinajstić information content (AvgIpc) is 2.14. The SMILES string of the molecule is C[C](CO)c1cc(F)cc(C(C)(C)C)c1. The predicted octanol–water partition coefficient (Wildman–Crippen LogP) is 3.06. The minimum absolute atomic E-state index is 0.0347. The zero-order chi connectivity index (χ0) is 11.6. The van der Waals surface area contributed by atoms with Crippen molar-refractivity contribution in [1.82, 2.24) is 0 Å². The first-order chi connectivity index (χ1) is 6.84. The van der Waals surface area contributed by atoms with E-state index in [4.69, 9.17) is 5.11 Å². The molecule has 0 bridgehead atoms. The van der Waals surface area contributed by atoms with E-state index >= 15 is 0 Å². The van der Waals surface area contributed by atoms with Crippen molar-refractivity contribution in [3.8, 4) is 0 Å². The zero-order valence-corrected chi connectivity index (χ0v) is 9.76. The molecule has 0 saturated heterocycles. The summed E-state index contributed by atoms with van der Waals surface area (Å²) in [5.74, 6) is 0.547. The molecular formula is C13H18FO. The summed E-state index contributed by atoms with van der Waals surface area (Å²) >= 11 is 0. The topological polar surface area (TPSA) is 20.2 Å². The van der Waals surface area contributed by atoms with Crippen LogP contribution in [0.25, 0.3) is 0 Å². The summed E-state index contributed by atoms with van der Waals surface area (Å²) in [6.45, 7) is 7.90. The van der Waals surface area contributed by atoms with E-state index in [1.54, 1.807) is 13.0 Å². The number of hydrogen-bond acceptors (Lipinski definition) is 1. The third kappa shape index (κ3) is 3.03. The van der Waals surface area contributed by atoms with E-state index in [1.807, 2.05) is 26.8 Å². The Kier molecular flexibility index (Phi) is 3.50. The smallest absolute Gasteiger partial charge is 0.123 e. The summed E-state index contributed by atoms with van der Waals surface area (Å²) in [5.41, 5.74) is 1.65. The maximum atomic E-state index is 13.4. The highest BCUT2D eigenvalue weighted by molar-refractivity contribution is 5.36. The minimum Gasteiger partial charge on any atom is -0.395 e. The quantitative estimate of drug-likeness (QED) is 0.793. The van der Waals surface area contributed by atoms with E-state index in [2.05, 4.69) is 0 Å². The van der Waals surface area contributed by atoms with Gasteiger partial charge in [-0.1, -0.05) is 33.8 Å². The van der Waals surface area contributed by atoms with E-state index in [9.17, 15) is 4.39 Å². The largest absolute Gasteiger partial charge is 0.395 e. The van der Waals surface area contributed by atoms with Crippen molar-refractivity contribution in [2.24, 2.45) is 0 Å². The highest BCUT2D eigenvalue weighted by Gasteiger charge is 2.17. The molecule has 0 aliphatic heterocycles. The fourth-order valence-corrected chi connectivity index (χ4v) is 1.36. The van der Waals surface area contributed by atoms with Crippen molar-refractivity contribution < 1.29 is 9.50 Å². The molecule has 1 radical (unpaired) electrons. The van der Waals surface area contributed by atoms with Crippen LogP contribution >= 0.6 is 0 Å². The number of rotatable bonds is 2. The molecule has 15 heavy (non-hydrogen) atoms. The summed E-state index contributed by atoms with van der Waals surface area (Å²) in [6, 6.07) is 4.95. The van der Waals surface area contributed by atoms with Gasteiger partial charge in [-0.05, 0) is 28.7 Å². The van der Waals surface area contributed by atoms with Gasteiger partial charge in [-0.25, -0.2) is 4.39 Å². The first-order valence-corrected chi connectivity index (χ1v) is 5.09. The van der Waals surface area contributed by atoms with Crippen LogP contribution in [0.3, 0.4) is 0 Å². The molecule has 1 N–H and O–H groups in total. The Hall–Kier alpha value is -0.890. The van der Waals surface area contributed by atoms with Gasteiger partial charge in [0.2, 0.25) is 0 Å². The van der Waals surface area contributed by atoms with Crippen LogP contribution in [0.5, 0.6) is 0 Å². The van der Waals surface area contributed by atoms with Crippen molar-refractivity contribution >= 4 is 0 Å². The van der Waals surface area contributed by atoms with E-state index in [-0.39, 0.29) is 17.8 Å². The van der Waals surface area contributed by atoms with Crippen molar-refractivity contribution in [3.05, 3.63) is 41.1 Å². The van der Waals surface area contributed by atoms with Gasteiger partial charge in [0.05, 0.1) is 6.61 Å². The molecule has 1 nitrogen and oxygen atoms in total.